The second-order valence-electron chi connectivity index (χ2n) is 6.02. The first-order valence-electron chi connectivity index (χ1n) is 9.14. The van der Waals surface area contributed by atoms with Crippen LogP contribution in [-0.2, 0) is 14.3 Å². The number of nitrogens with zero attached hydrogens (tertiary/aromatic N) is 2. The molecule has 0 aromatic rings. The first-order chi connectivity index (χ1) is 11.2. The number of carbonyl (C=O) groups is 1. The minimum absolute atomic E-state index is 0.133. The molecular weight excluding hydrogens is 291 g/mol. The first kappa shape index (κ1) is 20.0. The fourth-order valence-electron chi connectivity index (χ4n) is 3.19. The summed E-state index contributed by atoms with van der Waals surface area (Å²) in [7, 11) is 0. The van der Waals surface area contributed by atoms with Crippen LogP contribution in [0.2, 0.25) is 12.6 Å². The molecule has 2 heterocycles. The van der Waals surface area contributed by atoms with Gasteiger partial charge >= 0.3 is 5.97 Å². The van der Waals surface area contributed by atoms with Crippen molar-refractivity contribution in [1.82, 2.24) is 4.90 Å². The van der Waals surface area contributed by atoms with Gasteiger partial charge in [0.25, 0.3) is 6.71 Å². The maximum Gasteiger partial charge on any atom is 0.320 e. The Labute approximate surface area is 141 Å². The van der Waals surface area contributed by atoms with Gasteiger partial charge in [-0.3, -0.25) is 9.69 Å². The number of hydrogen-bond donors (Lipinski definition) is 0. The second kappa shape index (κ2) is 11.5. The number of likely N-dealkylation sites (tertiary alicyclic amines) is 1. The molecular formula is C17H31BN2O3. The van der Waals surface area contributed by atoms with E-state index in [1.54, 1.807) is 0 Å². The average Bonchev–Trinajstić information content (AvgIpc) is 2.59. The molecule has 0 atom stereocenters. The lowest BCUT2D eigenvalue weighted by Gasteiger charge is -2.34. The lowest BCUT2D eigenvalue weighted by molar-refractivity contribution is -0.145. The van der Waals surface area contributed by atoms with E-state index >= 15 is 0 Å². The van der Waals surface area contributed by atoms with Gasteiger partial charge in [0.05, 0.1) is 25.4 Å². The number of ether oxygens (including phenoxy) is 2. The number of rotatable bonds is 5. The van der Waals surface area contributed by atoms with Crippen LogP contribution in [0.4, 0.5) is 0 Å². The lowest BCUT2D eigenvalue weighted by Crippen LogP contribution is -2.41. The van der Waals surface area contributed by atoms with Crippen molar-refractivity contribution in [1.29, 1.82) is 5.26 Å². The molecule has 2 fully saturated rings. The molecule has 0 amide bonds. The molecule has 6 heteroatoms. The van der Waals surface area contributed by atoms with Crippen LogP contribution in [0.25, 0.3) is 0 Å². The summed E-state index contributed by atoms with van der Waals surface area (Å²) in [5.41, 5.74) is 0. The molecule has 0 spiro atoms. The molecule has 0 saturated carbocycles. The molecule has 0 radical (unpaired) electrons. The standard InChI is InChI=1S/C15H25BN2O3.C2H6/c1-2-20-15(19)11-18-9-5-14(6-10-18)21-13-3-7-16(12-17)8-4-13;1-2/h13-14H,2-11H2,1H3;1-2H3. The molecule has 0 aromatic heterocycles. The Morgan fingerprint density at radius 1 is 1.17 bits per heavy atom. The van der Waals surface area contributed by atoms with E-state index in [0.717, 1.165) is 51.4 Å². The minimum atomic E-state index is -0.133. The summed E-state index contributed by atoms with van der Waals surface area (Å²) < 4.78 is 11.1. The normalized spacial score (nSPS) is 20.3. The van der Waals surface area contributed by atoms with Crippen LogP contribution in [0.1, 0.15) is 46.5 Å². The van der Waals surface area contributed by atoms with Crippen LogP contribution in [0.3, 0.4) is 0 Å². The quantitative estimate of drug-likeness (QED) is 0.575. The van der Waals surface area contributed by atoms with E-state index in [2.05, 4.69) is 10.9 Å². The highest BCUT2D eigenvalue weighted by molar-refractivity contribution is 6.67. The molecule has 23 heavy (non-hydrogen) atoms. The van der Waals surface area contributed by atoms with Gasteiger partial charge in [-0.25, -0.2) is 5.26 Å². The van der Waals surface area contributed by atoms with Crippen molar-refractivity contribution in [3.63, 3.8) is 0 Å². The molecule has 0 N–H and O–H groups in total. The van der Waals surface area contributed by atoms with Crippen molar-refractivity contribution < 1.29 is 14.3 Å². The summed E-state index contributed by atoms with van der Waals surface area (Å²) >= 11 is 0. The summed E-state index contributed by atoms with van der Waals surface area (Å²) in [5.74, 6) is 2.22. The Hall–Kier alpha value is -1.06. The zero-order valence-electron chi connectivity index (χ0n) is 14.9. The third-order valence-corrected chi connectivity index (χ3v) is 4.43. The van der Waals surface area contributed by atoms with Crippen LogP contribution >= 0.6 is 0 Å². The fraction of sp³-hybridized carbons (Fsp3) is 0.882. The molecule has 2 saturated heterocycles. The van der Waals surface area contributed by atoms with E-state index in [0.29, 0.717) is 25.4 Å². The summed E-state index contributed by atoms with van der Waals surface area (Å²) in [6, 6.07) is 0. The van der Waals surface area contributed by atoms with Crippen molar-refractivity contribution in [3.05, 3.63) is 0 Å². The highest BCUT2D eigenvalue weighted by Gasteiger charge is 2.28. The predicted molar refractivity (Wildman–Crippen MR) is 92.5 cm³/mol. The monoisotopic (exact) mass is 322 g/mol. The van der Waals surface area contributed by atoms with Crippen molar-refractivity contribution >= 4 is 12.7 Å². The Kier molecular flexibility index (Phi) is 9.97. The van der Waals surface area contributed by atoms with Gasteiger partial charge in [0.15, 0.2) is 0 Å². The third kappa shape index (κ3) is 7.37. The SMILES string of the molecule is CC.CCOC(=O)CN1CCC(OC2CCB(C#N)CC2)CC1. The Morgan fingerprint density at radius 2 is 1.74 bits per heavy atom. The van der Waals surface area contributed by atoms with Crippen molar-refractivity contribution in [2.75, 3.05) is 26.2 Å². The maximum absolute atomic E-state index is 11.4. The first-order valence-corrected chi connectivity index (χ1v) is 9.14. The maximum atomic E-state index is 11.4. The molecule has 5 nitrogen and oxygen atoms in total. The number of nitriles is 1. The fourth-order valence-corrected chi connectivity index (χ4v) is 3.19. The van der Waals surface area contributed by atoms with Gasteiger partial charge in [-0.1, -0.05) is 26.5 Å². The van der Waals surface area contributed by atoms with E-state index in [1.165, 1.54) is 0 Å². The van der Waals surface area contributed by atoms with Gasteiger partial charge in [-0.2, -0.15) is 0 Å². The van der Waals surface area contributed by atoms with Gasteiger partial charge in [-0.15, -0.1) is 0 Å². The van der Waals surface area contributed by atoms with Gasteiger partial charge in [0.1, 0.15) is 0 Å². The van der Waals surface area contributed by atoms with Gasteiger partial charge in [0, 0.05) is 19.1 Å². The van der Waals surface area contributed by atoms with Crippen LogP contribution in [0, 0.1) is 11.2 Å². The van der Waals surface area contributed by atoms with Crippen molar-refractivity contribution in [2.24, 2.45) is 0 Å². The zero-order valence-corrected chi connectivity index (χ0v) is 14.9. The average molecular weight is 322 g/mol. The van der Waals surface area contributed by atoms with Gasteiger partial charge in [-0.05, 0) is 32.6 Å². The summed E-state index contributed by atoms with van der Waals surface area (Å²) in [6.07, 6.45) is 6.59. The van der Waals surface area contributed by atoms with Crippen LogP contribution < -0.4 is 0 Å². The Bertz CT molecular complexity index is 371. The highest BCUT2D eigenvalue weighted by atomic mass is 16.5. The number of piperidine rings is 1. The highest BCUT2D eigenvalue weighted by Crippen LogP contribution is 2.25. The van der Waals surface area contributed by atoms with E-state index < -0.39 is 0 Å². The number of hydrogen-bond acceptors (Lipinski definition) is 5. The Balaban J connectivity index is 0.00000127. The summed E-state index contributed by atoms with van der Waals surface area (Å²) in [6.45, 7) is 8.71. The smallest absolute Gasteiger partial charge is 0.320 e. The van der Waals surface area contributed by atoms with Crippen molar-refractivity contribution in [2.45, 2.75) is 71.3 Å². The molecule has 0 unspecified atom stereocenters. The molecule has 130 valence electrons. The van der Waals surface area contributed by atoms with E-state index in [9.17, 15) is 4.79 Å². The van der Waals surface area contributed by atoms with E-state index in [-0.39, 0.29) is 12.7 Å². The van der Waals surface area contributed by atoms with Crippen LogP contribution in [-0.4, -0.2) is 56.0 Å². The topological polar surface area (TPSA) is 62.6 Å². The van der Waals surface area contributed by atoms with Gasteiger partial charge < -0.3 is 9.47 Å². The Morgan fingerprint density at radius 3 is 2.26 bits per heavy atom. The number of carbonyl (C=O) groups excluding carboxylic acids is 1. The predicted octanol–water partition coefficient (Wildman–Crippen LogP) is 2.78. The molecule has 2 aliphatic rings. The third-order valence-electron chi connectivity index (χ3n) is 4.43. The summed E-state index contributed by atoms with van der Waals surface area (Å²) in [5, 5.41) is 8.90. The minimum Gasteiger partial charge on any atom is -0.465 e. The summed E-state index contributed by atoms with van der Waals surface area (Å²) in [4.78, 5) is 13.6. The van der Waals surface area contributed by atoms with Crippen molar-refractivity contribution in [3.8, 4) is 5.97 Å². The molecule has 0 aromatic carbocycles. The molecule has 2 rings (SSSR count). The second-order valence-corrected chi connectivity index (χ2v) is 6.02. The number of esters is 1. The largest absolute Gasteiger partial charge is 0.465 e. The zero-order chi connectivity index (χ0) is 17.1. The molecule has 0 aliphatic carbocycles. The van der Waals surface area contributed by atoms with Crippen LogP contribution in [0.15, 0.2) is 0 Å². The molecule has 2 aliphatic heterocycles. The van der Waals surface area contributed by atoms with E-state index in [1.807, 2.05) is 20.8 Å². The van der Waals surface area contributed by atoms with Gasteiger partial charge in [0.2, 0.25) is 0 Å². The van der Waals surface area contributed by atoms with E-state index in [4.69, 9.17) is 14.7 Å². The molecule has 0 bridgehead atoms. The van der Waals surface area contributed by atoms with Crippen LogP contribution in [0.5, 0.6) is 0 Å². The lowest BCUT2D eigenvalue weighted by atomic mass is 9.42.